The maximum atomic E-state index is 6.04. The van der Waals surface area contributed by atoms with Crippen molar-refractivity contribution in [1.29, 1.82) is 0 Å². The summed E-state index contributed by atoms with van der Waals surface area (Å²) in [5, 5.41) is 3.82. The standard InChI is InChI=1S/C16H24ClN3O2.HI/c1-2-21-15-6-5-13(17)10-12(15)7-8-19-16(18)20-11-14-4-3-9-22-14;/h5-6,10,14H,2-4,7-9,11H2,1H3,(H3,18,19,20);1H. The van der Waals surface area contributed by atoms with Gasteiger partial charge in [-0.15, -0.1) is 24.0 Å². The summed E-state index contributed by atoms with van der Waals surface area (Å²) in [7, 11) is 0. The zero-order chi connectivity index (χ0) is 15.8. The van der Waals surface area contributed by atoms with Crippen LogP contribution >= 0.6 is 35.6 Å². The second-order valence-electron chi connectivity index (χ2n) is 5.22. The molecule has 7 heteroatoms. The lowest BCUT2D eigenvalue weighted by Crippen LogP contribution is -2.34. The molecule has 1 fully saturated rings. The Balaban J connectivity index is 0.00000264. The van der Waals surface area contributed by atoms with E-state index < -0.39 is 0 Å². The molecule has 0 aliphatic carbocycles. The Bertz CT molecular complexity index is 508. The van der Waals surface area contributed by atoms with Crippen LogP contribution in [0.5, 0.6) is 5.75 Å². The van der Waals surface area contributed by atoms with Crippen LogP contribution in [0.3, 0.4) is 0 Å². The lowest BCUT2D eigenvalue weighted by atomic mass is 10.1. The Kier molecular flexibility index (Phi) is 9.66. The van der Waals surface area contributed by atoms with E-state index >= 15 is 0 Å². The number of nitrogens with one attached hydrogen (secondary N) is 1. The SMILES string of the molecule is CCOc1ccc(Cl)cc1CCNC(N)=NCC1CCCO1.I. The largest absolute Gasteiger partial charge is 0.494 e. The van der Waals surface area contributed by atoms with Crippen molar-refractivity contribution >= 4 is 41.5 Å². The molecule has 1 saturated heterocycles. The second kappa shape index (κ2) is 10.9. The molecule has 1 aliphatic rings. The fraction of sp³-hybridized carbons (Fsp3) is 0.562. The summed E-state index contributed by atoms with van der Waals surface area (Å²) in [6.07, 6.45) is 3.17. The second-order valence-corrected chi connectivity index (χ2v) is 5.66. The number of hydrogen-bond donors (Lipinski definition) is 2. The maximum Gasteiger partial charge on any atom is 0.188 e. The molecule has 0 saturated carbocycles. The smallest absolute Gasteiger partial charge is 0.188 e. The lowest BCUT2D eigenvalue weighted by molar-refractivity contribution is 0.118. The number of hydrogen-bond acceptors (Lipinski definition) is 3. The van der Waals surface area contributed by atoms with E-state index in [0.29, 0.717) is 30.7 Å². The molecule has 3 N–H and O–H groups in total. The van der Waals surface area contributed by atoms with Gasteiger partial charge >= 0.3 is 0 Å². The highest BCUT2D eigenvalue weighted by Gasteiger charge is 2.14. The molecule has 1 aromatic carbocycles. The van der Waals surface area contributed by atoms with Crippen molar-refractivity contribution in [3.05, 3.63) is 28.8 Å². The molecule has 0 aromatic heterocycles. The van der Waals surface area contributed by atoms with Crippen molar-refractivity contribution in [2.24, 2.45) is 10.7 Å². The number of nitrogens with two attached hydrogens (primary N) is 1. The number of aliphatic imine (C=N–C) groups is 1. The van der Waals surface area contributed by atoms with Gasteiger partial charge in [0, 0.05) is 18.2 Å². The fourth-order valence-corrected chi connectivity index (χ4v) is 2.60. The Morgan fingerprint density at radius 2 is 2.35 bits per heavy atom. The Morgan fingerprint density at radius 3 is 3.04 bits per heavy atom. The van der Waals surface area contributed by atoms with Gasteiger partial charge in [-0.25, -0.2) is 0 Å². The predicted molar refractivity (Wildman–Crippen MR) is 105 cm³/mol. The summed E-state index contributed by atoms with van der Waals surface area (Å²) in [6, 6.07) is 5.66. The third kappa shape index (κ3) is 7.14. The average Bonchev–Trinajstić information content (AvgIpc) is 3.01. The summed E-state index contributed by atoms with van der Waals surface area (Å²) >= 11 is 6.04. The highest BCUT2D eigenvalue weighted by Crippen LogP contribution is 2.23. The number of nitrogens with zero attached hydrogens (tertiary/aromatic N) is 1. The van der Waals surface area contributed by atoms with Gasteiger partial charge in [0.2, 0.25) is 0 Å². The number of guanidine groups is 1. The highest BCUT2D eigenvalue weighted by molar-refractivity contribution is 14.0. The number of benzene rings is 1. The van der Waals surface area contributed by atoms with Crippen molar-refractivity contribution in [3.8, 4) is 5.75 Å². The van der Waals surface area contributed by atoms with Gasteiger partial charge in [0.1, 0.15) is 5.75 Å². The van der Waals surface area contributed by atoms with E-state index in [-0.39, 0.29) is 30.1 Å². The monoisotopic (exact) mass is 453 g/mol. The molecule has 1 atom stereocenters. The van der Waals surface area contributed by atoms with Crippen LogP contribution in [0.2, 0.25) is 5.02 Å². The van der Waals surface area contributed by atoms with E-state index in [1.165, 1.54) is 0 Å². The van der Waals surface area contributed by atoms with E-state index in [4.69, 9.17) is 26.8 Å². The molecule has 2 rings (SSSR count). The first-order chi connectivity index (χ1) is 10.7. The van der Waals surface area contributed by atoms with Crippen LogP contribution in [-0.2, 0) is 11.2 Å². The van der Waals surface area contributed by atoms with Crippen LogP contribution in [0.1, 0.15) is 25.3 Å². The summed E-state index contributed by atoms with van der Waals surface area (Å²) in [4.78, 5) is 4.31. The van der Waals surface area contributed by atoms with E-state index in [1.54, 1.807) is 0 Å². The zero-order valence-electron chi connectivity index (χ0n) is 13.4. The lowest BCUT2D eigenvalue weighted by Gasteiger charge is -2.12. The van der Waals surface area contributed by atoms with Crippen LogP contribution in [0.25, 0.3) is 0 Å². The van der Waals surface area contributed by atoms with Crippen molar-refractivity contribution in [2.75, 3.05) is 26.3 Å². The van der Waals surface area contributed by atoms with Gasteiger partial charge in [-0.3, -0.25) is 4.99 Å². The molecule has 0 radical (unpaired) electrons. The van der Waals surface area contributed by atoms with Gasteiger partial charge in [-0.1, -0.05) is 11.6 Å². The molecule has 130 valence electrons. The van der Waals surface area contributed by atoms with Gasteiger partial charge in [0.15, 0.2) is 5.96 Å². The summed E-state index contributed by atoms with van der Waals surface area (Å²) in [5.74, 6) is 1.32. The number of rotatable bonds is 7. The minimum atomic E-state index is 0. The normalized spacial score (nSPS) is 17.7. The summed E-state index contributed by atoms with van der Waals surface area (Å²) in [6.45, 7) is 4.74. The molecular formula is C16H25ClIN3O2. The van der Waals surface area contributed by atoms with Crippen molar-refractivity contribution in [1.82, 2.24) is 5.32 Å². The van der Waals surface area contributed by atoms with Crippen LogP contribution in [0.4, 0.5) is 0 Å². The van der Waals surface area contributed by atoms with Crippen LogP contribution in [-0.4, -0.2) is 38.4 Å². The fourth-order valence-electron chi connectivity index (χ4n) is 2.41. The van der Waals surface area contributed by atoms with E-state index in [2.05, 4.69) is 10.3 Å². The number of ether oxygens (including phenoxy) is 2. The minimum Gasteiger partial charge on any atom is -0.494 e. The van der Waals surface area contributed by atoms with Crippen LogP contribution in [0, 0.1) is 0 Å². The molecule has 1 aromatic rings. The molecular weight excluding hydrogens is 429 g/mol. The third-order valence-electron chi connectivity index (χ3n) is 3.51. The quantitative estimate of drug-likeness (QED) is 0.378. The van der Waals surface area contributed by atoms with Gasteiger partial charge in [0.05, 0.1) is 19.3 Å². The Morgan fingerprint density at radius 1 is 1.52 bits per heavy atom. The van der Waals surface area contributed by atoms with Gasteiger partial charge in [-0.05, 0) is 49.9 Å². The van der Waals surface area contributed by atoms with E-state index in [0.717, 1.165) is 37.2 Å². The van der Waals surface area contributed by atoms with Crippen molar-refractivity contribution in [2.45, 2.75) is 32.3 Å². The van der Waals surface area contributed by atoms with Gasteiger partial charge < -0.3 is 20.5 Å². The molecule has 0 spiro atoms. The molecule has 0 amide bonds. The highest BCUT2D eigenvalue weighted by atomic mass is 127. The molecule has 0 bridgehead atoms. The summed E-state index contributed by atoms with van der Waals surface area (Å²) in [5.41, 5.74) is 6.93. The van der Waals surface area contributed by atoms with Gasteiger partial charge in [0.25, 0.3) is 0 Å². The van der Waals surface area contributed by atoms with Crippen LogP contribution < -0.4 is 15.8 Å². The van der Waals surface area contributed by atoms with Gasteiger partial charge in [-0.2, -0.15) is 0 Å². The summed E-state index contributed by atoms with van der Waals surface area (Å²) < 4.78 is 11.1. The molecule has 23 heavy (non-hydrogen) atoms. The average molecular weight is 454 g/mol. The minimum absolute atomic E-state index is 0. The van der Waals surface area contributed by atoms with E-state index in [9.17, 15) is 0 Å². The first-order valence-electron chi connectivity index (χ1n) is 7.75. The number of halogens is 2. The topological polar surface area (TPSA) is 68.9 Å². The zero-order valence-corrected chi connectivity index (χ0v) is 16.5. The molecule has 1 heterocycles. The molecule has 1 aliphatic heterocycles. The Hall–Kier alpha value is -0.730. The first-order valence-corrected chi connectivity index (χ1v) is 8.13. The molecule has 5 nitrogen and oxygen atoms in total. The third-order valence-corrected chi connectivity index (χ3v) is 3.75. The predicted octanol–water partition coefficient (Wildman–Crippen LogP) is 2.98. The van der Waals surface area contributed by atoms with Crippen molar-refractivity contribution < 1.29 is 9.47 Å². The van der Waals surface area contributed by atoms with Crippen LogP contribution in [0.15, 0.2) is 23.2 Å². The molecule has 1 unspecified atom stereocenters. The van der Waals surface area contributed by atoms with Crippen molar-refractivity contribution in [3.63, 3.8) is 0 Å². The maximum absolute atomic E-state index is 6.04. The Labute approximate surface area is 160 Å². The van der Waals surface area contributed by atoms with E-state index in [1.807, 2.05) is 25.1 Å². The first kappa shape index (κ1) is 20.3.